The Hall–Kier alpha value is -3.19. The molecular formula is C17H13F3N2O5. The molecule has 1 fully saturated rings. The zero-order chi connectivity index (χ0) is 20.1. The van der Waals surface area contributed by atoms with Gasteiger partial charge < -0.3 is 14.6 Å². The summed E-state index contributed by atoms with van der Waals surface area (Å²) in [5, 5.41) is 9.98. The monoisotopic (exact) mass is 382 g/mol. The second-order valence-electron chi connectivity index (χ2n) is 5.93. The second-order valence-corrected chi connectivity index (χ2v) is 5.93. The van der Waals surface area contributed by atoms with Crippen molar-refractivity contribution in [2.24, 2.45) is 0 Å². The van der Waals surface area contributed by atoms with Crippen LogP contribution in [0.2, 0.25) is 0 Å². The maximum atomic E-state index is 14.5. The zero-order valence-electron chi connectivity index (χ0n) is 14.1. The quantitative estimate of drug-likeness (QED) is 0.622. The lowest BCUT2D eigenvalue weighted by molar-refractivity contribution is -0.192. The highest BCUT2D eigenvalue weighted by atomic mass is 19.3. The lowest BCUT2D eigenvalue weighted by atomic mass is 10.1. The molecule has 1 N–H and O–H groups in total. The van der Waals surface area contributed by atoms with Crippen molar-refractivity contribution in [3.63, 3.8) is 0 Å². The number of benzene rings is 1. The van der Waals surface area contributed by atoms with Crippen LogP contribution >= 0.6 is 0 Å². The average Bonchev–Trinajstić information content (AvgIpc) is 2.86. The highest BCUT2D eigenvalue weighted by molar-refractivity contribution is 6.08. The van der Waals surface area contributed by atoms with Crippen LogP contribution in [-0.4, -0.2) is 36.0 Å². The van der Waals surface area contributed by atoms with Crippen molar-refractivity contribution in [2.75, 3.05) is 16.3 Å². The first-order chi connectivity index (χ1) is 12.6. The number of rotatable bonds is 2. The van der Waals surface area contributed by atoms with Crippen molar-refractivity contribution in [2.45, 2.75) is 26.4 Å². The van der Waals surface area contributed by atoms with Crippen LogP contribution in [-0.2, 0) is 14.3 Å². The SMILES string of the molecule is C#CCN1C(=O)C(F)(F)Oc2cc(F)c(N3C(=O)C(=C(C)C)OC3O)cc21. The zero-order valence-corrected chi connectivity index (χ0v) is 14.1. The minimum atomic E-state index is -4.22. The summed E-state index contributed by atoms with van der Waals surface area (Å²) >= 11 is 0. The van der Waals surface area contributed by atoms with E-state index in [-0.39, 0.29) is 11.4 Å². The van der Waals surface area contributed by atoms with E-state index >= 15 is 0 Å². The van der Waals surface area contributed by atoms with E-state index in [1.54, 1.807) is 13.8 Å². The molecule has 2 heterocycles. The highest BCUT2D eigenvalue weighted by Crippen LogP contribution is 2.43. The van der Waals surface area contributed by atoms with Crippen molar-refractivity contribution in [1.82, 2.24) is 0 Å². The fourth-order valence-electron chi connectivity index (χ4n) is 2.68. The molecule has 0 spiro atoms. The first-order valence-corrected chi connectivity index (χ1v) is 7.60. The van der Waals surface area contributed by atoms with Gasteiger partial charge in [-0.05, 0) is 25.5 Å². The van der Waals surface area contributed by atoms with Gasteiger partial charge in [-0.1, -0.05) is 5.92 Å². The third kappa shape index (κ3) is 2.86. The highest BCUT2D eigenvalue weighted by Gasteiger charge is 2.51. The number of halogens is 3. The number of hydrogen-bond acceptors (Lipinski definition) is 5. The van der Waals surface area contributed by atoms with Crippen molar-refractivity contribution in [1.29, 1.82) is 0 Å². The Bertz CT molecular complexity index is 918. The van der Waals surface area contributed by atoms with E-state index in [1.807, 2.05) is 0 Å². The summed E-state index contributed by atoms with van der Waals surface area (Å²) in [7, 11) is 0. The predicted octanol–water partition coefficient (Wildman–Crippen LogP) is 1.71. The normalized spacial score (nSPS) is 20.8. The van der Waals surface area contributed by atoms with Crippen LogP contribution in [0.15, 0.2) is 23.5 Å². The molecule has 142 valence electrons. The van der Waals surface area contributed by atoms with Crippen molar-refractivity contribution in [3.05, 3.63) is 29.3 Å². The Morgan fingerprint density at radius 1 is 1.33 bits per heavy atom. The number of carbonyl (C=O) groups is 2. The maximum Gasteiger partial charge on any atom is 0.483 e. The van der Waals surface area contributed by atoms with Crippen molar-refractivity contribution in [3.8, 4) is 18.1 Å². The number of nitrogens with zero attached hydrogens (tertiary/aromatic N) is 2. The van der Waals surface area contributed by atoms with Gasteiger partial charge in [0, 0.05) is 6.07 Å². The van der Waals surface area contributed by atoms with E-state index in [0.717, 1.165) is 6.07 Å². The number of anilines is 2. The van der Waals surface area contributed by atoms with Gasteiger partial charge in [-0.2, -0.15) is 8.78 Å². The maximum absolute atomic E-state index is 14.5. The first-order valence-electron chi connectivity index (χ1n) is 7.60. The van der Waals surface area contributed by atoms with E-state index in [1.165, 1.54) is 0 Å². The molecule has 1 atom stereocenters. The lowest BCUT2D eigenvalue weighted by Gasteiger charge is -2.33. The van der Waals surface area contributed by atoms with Gasteiger partial charge in [-0.15, -0.1) is 6.42 Å². The number of carbonyl (C=O) groups excluding carboxylic acids is 2. The number of hydrogen-bond donors (Lipinski definition) is 1. The molecule has 2 aliphatic heterocycles. The van der Waals surface area contributed by atoms with Gasteiger partial charge in [0.05, 0.1) is 17.9 Å². The van der Waals surface area contributed by atoms with Crippen LogP contribution in [0.5, 0.6) is 5.75 Å². The van der Waals surface area contributed by atoms with Crippen molar-refractivity contribution >= 4 is 23.2 Å². The van der Waals surface area contributed by atoms with E-state index < -0.39 is 48.1 Å². The largest absolute Gasteiger partial charge is 0.483 e. The van der Waals surface area contributed by atoms with E-state index in [2.05, 4.69) is 10.7 Å². The number of aliphatic hydroxyl groups is 1. The minimum absolute atomic E-state index is 0.182. The number of amides is 2. The summed E-state index contributed by atoms with van der Waals surface area (Å²) in [4.78, 5) is 25.4. The summed E-state index contributed by atoms with van der Waals surface area (Å²) in [6, 6.07) is 1.49. The Labute approximate surface area is 151 Å². The topological polar surface area (TPSA) is 79.3 Å². The molecule has 1 saturated heterocycles. The predicted molar refractivity (Wildman–Crippen MR) is 86.1 cm³/mol. The Kier molecular flexibility index (Phi) is 4.28. The Balaban J connectivity index is 2.14. The summed E-state index contributed by atoms with van der Waals surface area (Å²) in [6.45, 7) is 2.56. The molecule has 0 radical (unpaired) electrons. The third-order valence-corrected chi connectivity index (χ3v) is 3.87. The number of alkyl halides is 2. The Morgan fingerprint density at radius 3 is 2.56 bits per heavy atom. The molecule has 1 aromatic carbocycles. The number of allylic oxidation sites excluding steroid dienone is 1. The molecule has 2 aliphatic rings. The van der Waals surface area contributed by atoms with Crippen LogP contribution in [0.3, 0.4) is 0 Å². The number of fused-ring (bicyclic) bond motifs is 1. The molecule has 0 aliphatic carbocycles. The van der Waals surface area contributed by atoms with Crippen LogP contribution < -0.4 is 14.5 Å². The van der Waals surface area contributed by atoms with Crippen LogP contribution in [0, 0.1) is 18.2 Å². The van der Waals surface area contributed by atoms with Crippen LogP contribution in [0.4, 0.5) is 24.5 Å². The van der Waals surface area contributed by atoms with Gasteiger partial charge in [0.2, 0.25) is 0 Å². The summed E-state index contributed by atoms with van der Waals surface area (Å²) < 4.78 is 51.2. The molecule has 27 heavy (non-hydrogen) atoms. The molecule has 0 aromatic heterocycles. The minimum Gasteiger partial charge on any atom is -0.441 e. The van der Waals surface area contributed by atoms with Crippen molar-refractivity contribution < 1.29 is 37.3 Å². The van der Waals surface area contributed by atoms with Crippen LogP contribution in [0.1, 0.15) is 13.8 Å². The molecule has 2 amide bonds. The van der Waals surface area contributed by atoms with E-state index in [4.69, 9.17) is 11.2 Å². The van der Waals surface area contributed by atoms with Gasteiger partial charge in [-0.25, -0.2) is 9.29 Å². The summed E-state index contributed by atoms with van der Waals surface area (Å²) in [5.41, 5.74) is -0.330. The van der Waals surface area contributed by atoms with Gasteiger partial charge >= 0.3 is 12.0 Å². The fourth-order valence-corrected chi connectivity index (χ4v) is 2.68. The number of aliphatic hydroxyl groups excluding tert-OH is 1. The summed E-state index contributed by atoms with van der Waals surface area (Å²) in [6.07, 6.45) is -0.940. The smallest absolute Gasteiger partial charge is 0.441 e. The summed E-state index contributed by atoms with van der Waals surface area (Å²) in [5.74, 6) is -2.49. The molecule has 7 nitrogen and oxygen atoms in total. The molecule has 0 bridgehead atoms. The number of terminal acetylenes is 1. The third-order valence-electron chi connectivity index (χ3n) is 3.87. The second kappa shape index (κ2) is 6.21. The molecule has 3 rings (SSSR count). The van der Waals surface area contributed by atoms with E-state index in [9.17, 15) is 27.9 Å². The average molecular weight is 382 g/mol. The molecular weight excluding hydrogens is 369 g/mol. The standard InChI is InChI=1S/C17H13F3N2O5/c1-4-5-21-11-7-10(22-14(23)13(8(2)3)26-16(22)25)9(18)6-12(11)27-17(19,20)15(21)24/h1,6-7,16,25H,5H2,2-3H3. The fraction of sp³-hybridized carbons (Fsp3) is 0.294. The van der Waals surface area contributed by atoms with Gasteiger partial charge in [0.15, 0.2) is 17.3 Å². The molecule has 1 aromatic rings. The molecule has 10 heteroatoms. The molecule has 0 saturated carbocycles. The lowest BCUT2D eigenvalue weighted by Crippen LogP contribution is -2.51. The van der Waals surface area contributed by atoms with E-state index in [0.29, 0.717) is 21.4 Å². The van der Waals surface area contributed by atoms with Gasteiger partial charge in [0.25, 0.3) is 12.3 Å². The number of ether oxygens (including phenoxy) is 2. The van der Waals surface area contributed by atoms with Gasteiger partial charge in [-0.3, -0.25) is 14.5 Å². The van der Waals surface area contributed by atoms with Gasteiger partial charge in [0.1, 0.15) is 0 Å². The Morgan fingerprint density at radius 2 is 2.00 bits per heavy atom. The first kappa shape index (κ1) is 18.6. The van der Waals surface area contributed by atoms with Crippen LogP contribution in [0.25, 0.3) is 0 Å². The molecule has 1 unspecified atom stereocenters.